The van der Waals surface area contributed by atoms with Crippen molar-refractivity contribution < 1.29 is 9.13 Å². The number of hydrogen-bond donors (Lipinski definition) is 1. The summed E-state index contributed by atoms with van der Waals surface area (Å²) in [6.07, 6.45) is 4.57. The molecule has 100 valence electrons. The lowest BCUT2D eigenvalue weighted by molar-refractivity contribution is 0.381. The highest BCUT2D eigenvalue weighted by atomic mass is 19.1. The molecule has 1 aromatic carbocycles. The van der Waals surface area contributed by atoms with Gasteiger partial charge < -0.3 is 10.1 Å². The summed E-state index contributed by atoms with van der Waals surface area (Å²) in [6, 6.07) is 5.76. The molecule has 0 aliphatic heterocycles. The van der Waals surface area contributed by atoms with Gasteiger partial charge in [0.15, 0.2) is 11.6 Å². The first-order valence-corrected chi connectivity index (χ1v) is 6.79. The fraction of sp³-hybridized carbons (Fsp3) is 0.600. The van der Waals surface area contributed by atoms with Crippen molar-refractivity contribution in [2.45, 2.75) is 38.6 Å². The molecule has 1 aromatic rings. The lowest BCUT2D eigenvalue weighted by Crippen LogP contribution is -2.31. The Kier molecular flexibility index (Phi) is 4.59. The van der Waals surface area contributed by atoms with E-state index in [-0.39, 0.29) is 5.82 Å². The van der Waals surface area contributed by atoms with Crippen molar-refractivity contribution in [2.24, 2.45) is 5.92 Å². The Labute approximate surface area is 109 Å². The molecule has 0 radical (unpaired) electrons. The van der Waals surface area contributed by atoms with Crippen molar-refractivity contribution in [1.82, 2.24) is 5.32 Å². The highest BCUT2D eigenvalue weighted by Crippen LogP contribution is 2.34. The number of methoxy groups -OCH3 is 1. The van der Waals surface area contributed by atoms with Crippen LogP contribution in [0.4, 0.5) is 4.39 Å². The Morgan fingerprint density at radius 1 is 1.44 bits per heavy atom. The quantitative estimate of drug-likeness (QED) is 0.803. The van der Waals surface area contributed by atoms with E-state index in [2.05, 4.69) is 12.2 Å². The molecule has 1 fully saturated rings. The average molecular weight is 251 g/mol. The molecule has 1 unspecified atom stereocenters. The number of hydrogen-bond acceptors (Lipinski definition) is 2. The Hall–Kier alpha value is -1.09. The van der Waals surface area contributed by atoms with Gasteiger partial charge in [0.05, 0.1) is 7.11 Å². The van der Waals surface area contributed by atoms with Gasteiger partial charge in [-0.05, 0) is 36.9 Å². The largest absolute Gasteiger partial charge is 0.494 e. The van der Waals surface area contributed by atoms with Crippen LogP contribution < -0.4 is 10.1 Å². The van der Waals surface area contributed by atoms with E-state index in [1.165, 1.54) is 20.0 Å². The van der Waals surface area contributed by atoms with Crippen molar-refractivity contribution in [2.75, 3.05) is 13.7 Å². The summed E-state index contributed by atoms with van der Waals surface area (Å²) in [5, 5.41) is 3.46. The molecule has 0 aromatic heterocycles. The second-order valence-electron chi connectivity index (χ2n) is 5.07. The molecule has 0 spiro atoms. The summed E-state index contributed by atoms with van der Waals surface area (Å²) in [6.45, 7) is 3.03. The van der Waals surface area contributed by atoms with E-state index >= 15 is 0 Å². The van der Waals surface area contributed by atoms with Crippen molar-refractivity contribution in [3.05, 3.63) is 29.6 Å². The van der Waals surface area contributed by atoms with Crippen molar-refractivity contribution in [1.29, 1.82) is 0 Å². The summed E-state index contributed by atoms with van der Waals surface area (Å²) in [7, 11) is 1.51. The van der Waals surface area contributed by atoms with Gasteiger partial charge in [-0.15, -0.1) is 0 Å². The highest BCUT2D eigenvalue weighted by molar-refractivity contribution is 5.31. The Morgan fingerprint density at radius 3 is 2.83 bits per heavy atom. The maximum Gasteiger partial charge on any atom is 0.168 e. The third kappa shape index (κ3) is 3.45. The van der Waals surface area contributed by atoms with E-state index in [1.807, 2.05) is 12.1 Å². The summed E-state index contributed by atoms with van der Waals surface area (Å²) >= 11 is 0. The van der Waals surface area contributed by atoms with Crippen LogP contribution in [0.25, 0.3) is 0 Å². The molecule has 1 saturated carbocycles. The fourth-order valence-corrected chi connectivity index (χ4v) is 2.42. The zero-order chi connectivity index (χ0) is 13.0. The van der Waals surface area contributed by atoms with Crippen molar-refractivity contribution >= 4 is 0 Å². The van der Waals surface area contributed by atoms with E-state index in [0.29, 0.717) is 11.8 Å². The Balaban J connectivity index is 2.04. The van der Waals surface area contributed by atoms with Gasteiger partial charge in [-0.25, -0.2) is 4.39 Å². The number of nitrogens with one attached hydrogen (secondary N) is 1. The molecule has 3 heteroatoms. The van der Waals surface area contributed by atoms with Gasteiger partial charge in [-0.3, -0.25) is 0 Å². The molecule has 0 amide bonds. The lowest BCUT2D eigenvalue weighted by Gasteiger charge is -2.18. The first kappa shape index (κ1) is 13.3. The minimum Gasteiger partial charge on any atom is -0.494 e. The first-order chi connectivity index (χ1) is 8.74. The van der Waals surface area contributed by atoms with Crippen LogP contribution in [0, 0.1) is 11.7 Å². The van der Waals surface area contributed by atoms with Crippen molar-refractivity contribution in [3.63, 3.8) is 0 Å². The van der Waals surface area contributed by atoms with Crippen LogP contribution in [-0.2, 0) is 6.42 Å². The van der Waals surface area contributed by atoms with Crippen LogP contribution in [0.2, 0.25) is 0 Å². The topological polar surface area (TPSA) is 21.3 Å². The molecule has 1 aliphatic carbocycles. The maximum atomic E-state index is 14.1. The minimum absolute atomic E-state index is 0.210. The van der Waals surface area contributed by atoms with Gasteiger partial charge in [-0.1, -0.05) is 31.9 Å². The van der Waals surface area contributed by atoms with Gasteiger partial charge in [0.1, 0.15) is 0 Å². The summed E-state index contributed by atoms with van der Waals surface area (Å²) in [5.74, 6) is 0.982. The van der Waals surface area contributed by atoms with E-state index in [1.54, 1.807) is 6.07 Å². The third-order valence-electron chi connectivity index (χ3n) is 3.54. The molecule has 2 rings (SSSR count). The molecule has 0 bridgehead atoms. The van der Waals surface area contributed by atoms with Crippen LogP contribution in [-0.4, -0.2) is 19.7 Å². The van der Waals surface area contributed by atoms with Crippen LogP contribution in [0.1, 0.15) is 31.7 Å². The third-order valence-corrected chi connectivity index (χ3v) is 3.54. The number of rotatable bonds is 7. The van der Waals surface area contributed by atoms with E-state index in [9.17, 15) is 4.39 Å². The summed E-state index contributed by atoms with van der Waals surface area (Å²) in [4.78, 5) is 0. The highest BCUT2D eigenvalue weighted by Gasteiger charge is 2.25. The second-order valence-corrected chi connectivity index (χ2v) is 5.07. The summed E-state index contributed by atoms with van der Waals surface area (Å²) in [5.41, 5.74) is 0.751. The van der Waals surface area contributed by atoms with Crippen LogP contribution in [0.5, 0.6) is 5.75 Å². The molecule has 1 aliphatic rings. The van der Waals surface area contributed by atoms with Crippen LogP contribution in [0.3, 0.4) is 0 Å². The predicted octanol–water partition coefficient (Wildman–Crippen LogP) is 3.16. The second kappa shape index (κ2) is 6.19. The first-order valence-electron chi connectivity index (χ1n) is 6.79. The monoisotopic (exact) mass is 251 g/mol. The minimum atomic E-state index is -0.210. The fourth-order valence-electron chi connectivity index (χ4n) is 2.42. The van der Waals surface area contributed by atoms with E-state index < -0.39 is 0 Å². The summed E-state index contributed by atoms with van der Waals surface area (Å²) < 4.78 is 19.1. The van der Waals surface area contributed by atoms with Gasteiger partial charge in [-0.2, -0.15) is 0 Å². The molecule has 0 saturated heterocycles. The van der Waals surface area contributed by atoms with E-state index in [4.69, 9.17) is 4.74 Å². The normalized spacial score (nSPS) is 16.6. The predicted molar refractivity (Wildman–Crippen MR) is 71.5 cm³/mol. The Morgan fingerprint density at radius 2 is 2.22 bits per heavy atom. The van der Waals surface area contributed by atoms with Gasteiger partial charge in [0, 0.05) is 6.04 Å². The SMILES string of the molecule is CCNC(Cc1cccc(OC)c1F)CC1CC1. The van der Waals surface area contributed by atoms with Gasteiger partial charge in [0.2, 0.25) is 0 Å². The Bertz CT molecular complexity index is 390. The van der Waals surface area contributed by atoms with Crippen LogP contribution >= 0.6 is 0 Å². The maximum absolute atomic E-state index is 14.1. The molecule has 0 heterocycles. The molecular weight excluding hydrogens is 229 g/mol. The number of likely N-dealkylation sites (N-methyl/N-ethyl adjacent to an activating group) is 1. The number of halogens is 1. The van der Waals surface area contributed by atoms with Crippen molar-refractivity contribution in [3.8, 4) is 5.75 Å². The number of ether oxygens (including phenoxy) is 1. The van der Waals surface area contributed by atoms with E-state index in [0.717, 1.165) is 30.9 Å². The molecular formula is C15H22FNO. The van der Waals surface area contributed by atoms with Gasteiger partial charge in [0.25, 0.3) is 0 Å². The molecule has 2 nitrogen and oxygen atoms in total. The average Bonchev–Trinajstić information content (AvgIpc) is 3.16. The zero-order valence-electron chi connectivity index (χ0n) is 11.2. The standard InChI is InChI=1S/C15H22FNO/c1-3-17-13(9-11-7-8-11)10-12-5-4-6-14(18-2)15(12)16/h4-6,11,13,17H,3,7-10H2,1-2H3. The smallest absolute Gasteiger partial charge is 0.168 e. The molecule has 1 N–H and O–H groups in total. The molecule has 18 heavy (non-hydrogen) atoms. The van der Waals surface area contributed by atoms with Gasteiger partial charge >= 0.3 is 0 Å². The number of benzene rings is 1. The molecule has 1 atom stereocenters. The lowest BCUT2D eigenvalue weighted by atomic mass is 10.0. The van der Waals surface area contributed by atoms with Crippen LogP contribution in [0.15, 0.2) is 18.2 Å². The zero-order valence-corrected chi connectivity index (χ0v) is 11.2.